The molecule has 0 spiro atoms. The van der Waals surface area contributed by atoms with Crippen molar-refractivity contribution in [2.24, 2.45) is 0 Å². The largest absolute Gasteiger partial charge is 0.493 e. The van der Waals surface area contributed by atoms with Crippen LogP contribution >= 0.6 is 12.4 Å². The van der Waals surface area contributed by atoms with Gasteiger partial charge in [0.15, 0.2) is 29.6 Å². The molecular weight excluding hydrogens is 494 g/mol. The molecule has 0 aliphatic carbocycles. The Balaban J connectivity index is 0.00000380. The minimum atomic E-state index is -0.502. The first-order valence-corrected chi connectivity index (χ1v) is 11.4. The normalized spacial score (nSPS) is 10.4. The van der Waals surface area contributed by atoms with E-state index in [1.165, 1.54) is 0 Å². The van der Waals surface area contributed by atoms with Crippen LogP contribution in [-0.4, -0.2) is 41.0 Å². The van der Waals surface area contributed by atoms with E-state index in [9.17, 15) is 4.79 Å². The Morgan fingerprint density at radius 2 is 1.22 bits per heavy atom. The molecule has 0 aliphatic heterocycles. The molecule has 0 bridgehead atoms. The number of carbonyl (C=O) groups is 1. The molecule has 4 aromatic carbocycles. The van der Waals surface area contributed by atoms with E-state index in [2.05, 4.69) is 5.32 Å². The molecule has 0 aliphatic rings. The van der Waals surface area contributed by atoms with Crippen LogP contribution < -0.4 is 29.0 Å². The summed E-state index contributed by atoms with van der Waals surface area (Å²) in [5.41, 5.74) is 1.61. The predicted molar refractivity (Wildman–Crippen MR) is 146 cm³/mol. The number of amides is 1. The molecule has 0 unspecified atom stereocenters. The van der Waals surface area contributed by atoms with Crippen LogP contribution in [-0.2, 0) is 4.79 Å². The first kappa shape index (κ1) is 27.5. The number of ether oxygens (including phenoxy) is 5. The summed E-state index contributed by atoms with van der Waals surface area (Å²) < 4.78 is 27.5. The Hall–Kier alpha value is -4.10. The maximum absolute atomic E-state index is 13.0. The fourth-order valence-electron chi connectivity index (χ4n) is 4.03. The van der Waals surface area contributed by atoms with Gasteiger partial charge in [-0.25, -0.2) is 0 Å². The van der Waals surface area contributed by atoms with Gasteiger partial charge in [-0.1, -0.05) is 42.5 Å². The molecule has 0 atom stereocenters. The van der Waals surface area contributed by atoms with Crippen molar-refractivity contribution in [2.45, 2.75) is 6.04 Å². The van der Waals surface area contributed by atoms with Gasteiger partial charge >= 0.3 is 0 Å². The topological polar surface area (TPSA) is 75.3 Å². The first-order valence-electron chi connectivity index (χ1n) is 11.4. The van der Waals surface area contributed by atoms with Crippen LogP contribution in [0.4, 0.5) is 0 Å². The van der Waals surface area contributed by atoms with Crippen molar-refractivity contribution in [2.75, 3.05) is 35.0 Å². The molecule has 194 valence electrons. The van der Waals surface area contributed by atoms with Crippen LogP contribution in [0.15, 0.2) is 78.9 Å². The molecule has 0 radical (unpaired) electrons. The molecule has 4 aromatic rings. The van der Waals surface area contributed by atoms with Gasteiger partial charge in [-0.05, 0) is 58.3 Å². The Morgan fingerprint density at radius 3 is 1.76 bits per heavy atom. The van der Waals surface area contributed by atoms with Crippen molar-refractivity contribution in [3.63, 3.8) is 0 Å². The van der Waals surface area contributed by atoms with Crippen molar-refractivity contribution >= 4 is 29.1 Å². The lowest BCUT2D eigenvalue weighted by Crippen LogP contribution is -2.33. The lowest BCUT2D eigenvalue weighted by atomic mass is 9.97. The van der Waals surface area contributed by atoms with E-state index < -0.39 is 6.04 Å². The summed E-state index contributed by atoms with van der Waals surface area (Å²) in [5.74, 6) is 2.65. The quantitative estimate of drug-likeness (QED) is 0.292. The SMILES string of the molecule is COc1ccc(C(NC(=O)COc2ccc3ccccc3c2)c2ccc(OC)c(OC)c2)cc1OC.Cl. The highest BCUT2D eigenvalue weighted by atomic mass is 35.5. The lowest BCUT2D eigenvalue weighted by molar-refractivity contribution is -0.123. The van der Waals surface area contributed by atoms with Gasteiger partial charge in [-0.3, -0.25) is 4.79 Å². The number of carbonyl (C=O) groups excluding carboxylic acids is 1. The van der Waals surface area contributed by atoms with Gasteiger partial charge in [0.05, 0.1) is 34.5 Å². The second kappa shape index (κ2) is 12.7. The minimum Gasteiger partial charge on any atom is -0.493 e. The fraction of sp³-hybridized carbons (Fsp3) is 0.207. The van der Waals surface area contributed by atoms with E-state index in [-0.39, 0.29) is 24.9 Å². The summed E-state index contributed by atoms with van der Waals surface area (Å²) in [7, 11) is 6.30. The zero-order valence-electron chi connectivity index (χ0n) is 21.1. The summed E-state index contributed by atoms with van der Waals surface area (Å²) in [6.45, 7) is -0.143. The second-order valence-electron chi connectivity index (χ2n) is 8.03. The van der Waals surface area contributed by atoms with Gasteiger partial charge in [0, 0.05) is 0 Å². The smallest absolute Gasteiger partial charge is 0.258 e. The van der Waals surface area contributed by atoms with Crippen LogP contribution in [0.3, 0.4) is 0 Å². The van der Waals surface area contributed by atoms with Crippen molar-refractivity contribution in [3.8, 4) is 28.7 Å². The third-order valence-corrected chi connectivity index (χ3v) is 5.88. The molecule has 0 heterocycles. The van der Waals surface area contributed by atoms with Crippen LogP contribution in [0, 0.1) is 0 Å². The second-order valence-corrected chi connectivity index (χ2v) is 8.03. The van der Waals surface area contributed by atoms with Gasteiger partial charge in [0.2, 0.25) is 0 Å². The third kappa shape index (κ3) is 6.37. The van der Waals surface area contributed by atoms with Gasteiger partial charge in [0.1, 0.15) is 5.75 Å². The van der Waals surface area contributed by atoms with E-state index in [4.69, 9.17) is 23.7 Å². The zero-order valence-corrected chi connectivity index (χ0v) is 22.0. The van der Waals surface area contributed by atoms with E-state index >= 15 is 0 Å². The molecule has 1 N–H and O–H groups in total. The summed E-state index contributed by atoms with van der Waals surface area (Å²) >= 11 is 0. The van der Waals surface area contributed by atoms with Gasteiger partial charge in [-0.2, -0.15) is 0 Å². The number of hydrogen-bond acceptors (Lipinski definition) is 6. The molecule has 4 rings (SSSR count). The maximum atomic E-state index is 13.0. The molecular formula is C29H30ClNO6. The highest BCUT2D eigenvalue weighted by Crippen LogP contribution is 2.35. The van der Waals surface area contributed by atoms with Crippen LogP contribution in [0.25, 0.3) is 10.8 Å². The van der Waals surface area contributed by atoms with Crippen LogP contribution in [0.2, 0.25) is 0 Å². The molecule has 0 saturated carbocycles. The van der Waals surface area contributed by atoms with E-state index in [1.807, 2.05) is 66.7 Å². The first-order chi connectivity index (χ1) is 17.6. The molecule has 0 fully saturated rings. The summed E-state index contributed by atoms with van der Waals surface area (Å²) in [4.78, 5) is 13.0. The molecule has 0 aromatic heterocycles. The monoisotopic (exact) mass is 523 g/mol. The highest BCUT2D eigenvalue weighted by Gasteiger charge is 2.21. The number of methoxy groups -OCH3 is 4. The highest BCUT2D eigenvalue weighted by molar-refractivity contribution is 5.85. The maximum Gasteiger partial charge on any atom is 0.258 e. The van der Waals surface area contributed by atoms with E-state index in [0.29, 0.717) is 28.7 Å². The zero-order chi connectivity index (χ0) is 25.5. The molecule has 7 nitrogen and oxygen atoms in total. The summed E-state index contributed by atoms with van der Waals surface area (Å²) in [5, 5.41) is 5.23. The number of halogens is 1. The Bertz CT molecular complexity index is 1300. The van der Waals surface area contributed by atoms with Crippen LogP contribution in [0.5, 0.6) is 28.7 Å². The van der Waals surface area contributed by atoms with Crippen molar-refractivity contribution in [1.29, 1.82) is 0 Å². The molecule has 1 amide bonds. The van der Waals surface area contributed by atoms with Crippen molar-refractivity contribution < 1.29 is 28.5 Å². The Kier molecular flexibility index (Phi) is 9.46. The summed E-state index contributed by atoms with van der Waals surface area (Å²) in [6, 6.07) is 24.3. The van der Waals surface area contributed by atoms with Gasteiger partial charge in [-0.15, -0.1) is 12.4 Å². The van der Waals surface area contributed by atoms with E-state index in [1.54, 1.807) is 40.6 Å². The molecule has 37 heavy (non-hydrogen) atoms. The van der Waals surface area contributed by atoms with Crippen molar-refractivity contribution in [3.05, 3.63) is 90.0 Å². The number of nitrogens with one attached hydrogen (secondary N) is 1. The average Bonchev–Trinajstić information content (AvgIpc) is 2.93. The van der Waals surface area contributed by atoms with Gasteiger partial charge < -0.3 is 29.0 Å². The lowest BCUT2D eigenvalue weighted by Gasteiger charge is -2.22. The number of fused-ring (bicyclic) bond motifs is 1. The fourth-order valence-corrected chi connectivity index (χ4v) is 4.03. The molecule has 0 saturated heterocycles. The third-order valence-electron chi connectivity index (χ3n) is 5.88. The van der Waals surface area contributed by atoms with E-state index in [0.717, 1.165) is 21.9 Å². The summed E-state index contributed by atoms with van der Waals surface area (Å²) in [6.07, 6.45) is 0. The molecule has 8 heteroatoms. The average molecular weight is 524 g/mol. The Morgan fingerprint density at radius 1 is 0.676 bits per heavy atom. The number of benzene rings is 4. The predicted octanol–water partition coefficient (Wildman–Crippen LogP) is 5.58. The number of rotatable bonds is 10. The Labute approximate surface area is 222 Å². The standard InChI is InChI=1S/C29H29NO6.ClH/c1-32-24-13-10-21(16-26(24)34-3)29(22-11-14-25(33-2)27(17-22)35-4)30-28(31)18-36-23-12-9-19-7-5-6-8-20(19)15-23;/h5-17,29H,18H2,1-4H3,(H,30,31);1H. The van der Waals surface area contributed by atoms with Gasteiger partial charge in [0.25, 0.3) is 5.91 Å². The van der Waals surface area contributed by atoms with Crippen LogP contribution in [0.1, 0.15) is 17.2 Å². The van der Waals surface area contributed by atoms with Crippen molar-refractivity contribution in [1.82, 2.24) is 5.32 Å². The minimum absolute atomic E-state index is 0. The number of hydrogen-bond donors (Lipinski definition) is 1.